The lowest BCUT2D eigenvalue weighted by molar-refractivity contribution is -0.125. The second kappa shape index (κ2) is 4.74. The molecule has 5 heteroatoms. The summed E-state index contributed by atoms with van der Waals surface area (Å²) in [5.74, 6) is -0.456. The largest absolute Gasteiger partial charge is 0.323 e. The van der Waals surface area contributed by atoms with E-state index in [2.05, 4.69) is 10.6 Å². The predicted octanol–water partition coefficient (Wildman–Crippen LogP) is 1.64. The second-order valence-corrected chi connectivity index (χ2v) is 5.51. The van der Waals surface area contributed by atoms with Gasteiger partial charge in [0.15, 0.2) is 5.78 Å². The monoisotopic (exact) mass is 272 g/mol. The molecule has 0 radical (unpaired) electrons. The second-order valence-electron chi connectivity index (χ2n) is 5.51. The van der Waals surface area contributed by atoms with Crippen molar-refractivity contribution in [3.63, 3.8) is 0 Å². The van der Waals surface area contributed by atoms with Crippen LogP contribution in [-0.2, 0) is 4.79 Å². The zero-order chi connectivity index (χ0) is 14.2. The molecule has 5 nitrogen and oxygen atoms in total. The molecule has 1 heterocycles. The van der Waals surface area contributed by atoms with Gasteiger partial charge in [-0.25, -0.2) is 4.79 Å². The summed E-state index contributed by atoms with van der Waals surface area (Å²) in [5.41, 5.74) is -0.218. The van der Waals surface area contributed by atoms with Gasteiger partial charge in [0.05, 0.1) is 0 Å². The van der Waals surface area contributed by atoms with Crippen LogP contribution in [0, 0.1) is 5.92 Å². The highest BCUT2D eigenvalue weighted by Crippen LogP contribution is 2.36. The molecule has 3 rings (SSSR count). The molecular weight excluding hydrogens is 256 g/mol. The van der Waals surface area contributed by atoms with Crippen LogP contribution in [0.3, 0.4) is 0 Å². The van der Waals surface area contributed by atoms with Crippen LogP contribution in [0.15, 0.2) is 30.3 Å². The first-order chi connectivity index (χ1) is 9.61. The SMILES string of the molecule is O=C1NC(=O)C2(CCCC(C(=O)c3ccccc3)C2)N1. The van der Waals surface area contributed by atoms with Gasteiger partial charge in [-0.2, -0.15) is 0 Å². The van der Waals surface area contributed by atoms with Gasteiger partial charge in [-0.05, 0) is 25.7 Å². The van der Waals surface area contributed by atoms with Crippen LogP contribution >= 0.6 is 0 Å². The summed E-state index contributed by atoms with van der Waals surface area (Å²) < 4.78 is 0. The minimum atomic E-state index is -0.884. The van der Waals surface area contributed by atoms with Crippen LogP contribution in [0.4, 0.5) is 4.79 Å². The fourth-order valence-electron chi connectivity index (χ4n) is 3.18. The van der Waals surface area contributed by atoms with Crippen molar-refractivity contribution in [2.45, 2.75) is 31.2 Å². The molecule has 2 N–H and O–H groups in total. The minimum absolute atomic E-state index is 0.0543. The van der Waals surface area contributed by atoms with E-state index in [-0.39, 0.29) is 17.6 Å². The van der Waals surface area contributed by atoms with Crippen molar-refractivity contribution in [1.82, 2.24) is 10.6 Å². The Balaban J connectivity index is 1.81. The quantitative estimate of drug-likeness (QED) is 0.635. The highest BCUT2D eigenvalue weighted by Gasteiger charge is 2.50. The maximum Gasteiger partial charge on any atom is 0.322 e. The highest BCUT2D eigenvalue weighted by molar-refractivity contribution is 6.08. The number of Topliss-reactive ketones (excluding diaryl/α,β-unsaturated/α-hetero) is 1. The maximum absolute atomic E-state index is 12.5. The van der Waals surface area contributed by atoms with E-state index < -0.39 is 11.6 Å². The molecule has 2 aliphatic rings. The van der Waals surface area contributed by atoms with Crippen LogP contribution in [0.2, 0.25) is 0 Å². The third-order valence-electron chi connectivity index (χ3n) is 4.19. The van der Waals surface area contributed by atoms with Crippen LogP contribution in [-0.4, -0.2) is 23.3 Å². The van der Waals surface area contributed by atoms with Crippen LogP contribution in [0.1, 0.15) is 36.0 Å². The van der Waals surface area contributed by atoms with Gasteiger partial charge in [-0.15, -0.1) is 0 Å². The molecule has 1 aliphatic heterocycles. The molecule has 1 spiro atoms. The number of amides is 3. The average molecular weight is 272 g/mol. The number of carbonyl (C=O) groups excluding carboxylic acids is 3. The van der Waals surface area contributed by atoms with Crippen molar-refractivity contribution < 1.29 is 14.4 Å². The summed E-state index contributed by atoms with van der Waals surface area (Å²) in [6.07, 6.45) is 2.51. The number of imide groups is 1. The van der Waals surface area contributed by atoms with Gasteiger partial charge in [0.2, 0.25) is 0 Å². The Morgan fingerprint density at radius 1 is 1.20 bits per heavy atom. The fraction of sp³-hybridized carbons (Fsp3) is 0.400. The summed E-state index contributed by atoms with van der Waals surface area (Å²) >= 11 is 0. The number of hydrogen-bond donors (Lipinski definition) is 2. The molecule has 1 aromatic carbocycles. The van der Waals surface area contributed by atoms with E-state index in [1.54, 1.807) is 12.1 Å². The molecule has 1 aliphatic carbocycles. The van der Waals surface area contributed by atoms with E-state index in [9.17, 15) is 14.4 Å². The van der Waals surface area contributed by atoms with Gasteiger partial charge in [0, 0.05) is 11.5 Å². The Bertz CT molecular complexity index is 570. The normalized spacial score (nSPS) is 29.1. The van der Waals surface area contributed by atoms with Crippen molar-refractivity contribution in [1.29, 1.82) is 0 Å². The van der Waals surface area contributed by atoms with Crippen molar-refractivity contribution >= 4 is 17.7 Å². The molecule has 1 saturated carbocycles. The van der Waals surface area contributed by atoms with Gasteiger partial charge in [-0.3, -0.25) is 14.9 Å². The number of hydrogen-bond acceptors (Lipinski definition) is 3. The lowest BCUT2D eigenvalue weighted by Gasteiger charge is -2.34. The summed E-state index contributed by atoms with van der Waals surface area (Å²) in [5, 5.41) is 4.98. The van der Waals surface area contributed by atoms with Crippen LogP contribution < -0.4 is 10.6 Å². The molecule has 20 heavy (non-hydrogen) atoms. The Kier molecular flexibility index (Phi) is 3.04. The molecule has 0 bridgehead atoms. The standard InChI is InChI=1S/C15H16N2O3/c18-12(10-5-2-1-3-6-10)11-7-4-8-15(9-11)13(19)16-14(20)17-15/h1-3,5-6,11H,4,7-9H2,(H2,16,17,19,20). The van der Waals surface area contributed by atoms with Gasteiger partial charge >= 0.3 is 6.03 Å². The van der Waals surface area contributed by atoms with E-state index >= 15 is 0 Å². The predicted molar refractivity (Wildman–Crippen MR) is 72.1 cm³/mol. The molecule has 1 saturated heterocycles. The Labute approximate surface area is 116 Å². The molecule has 2 fully saturated rings. The van der Waals surface area contributed by atoms with Gasteiger partial charge in [-0.1, -0.05) is 30.3 Å². The zero-order valence-corrected chi connectivity index (χ0v) is 11.0. The lowest BCUT2D eigenvalue weighted by Crippen LogP contribution is -2.51. The highest BCUT2D eigenvalue weighted by atomic mass is 16.2. The van der Waals surface area contributed by atoms with E-state index in [1.165, 1.54) is 0 Å². The topological polar surface area (TPSA) is 75.3 Å². The summed E-state index contributed by atoms with van der Waals surface area (Å²) in [4.78, 5) is 35.8. The van der Waals surface area contributed by atoms with E-state index in [0.717, 1.165) is 12.8 Å². The number of urea groups is 1. The molecule has 3 amide bonds. The van der Waals surface area contributed by atoms with E-state index in [1.807, 2.05) is 18.2 Å². The number of nitrogens with one attached hydrogen (secondary N) is 2. The average Bonchev–Trinajstić information content (AvgIpc) is 2.73. The lowest BCUT2D eigenvalue weighted by atomic mass is 9.73. The third-order valence-corrected chi connectivity index (χ3v) is 4.19. The van der Waals surface area contributed by atoms with Crippen molar-refractivity contribution in [2.24, 2.45) is 5.92 Å². The van der Waals surface area contributed by atoms with Crippen LogP contribution in [0.5, 0.6) is 0 Å². The number of ketones is 1. The summed E-state index contributed by atoms with van der Waals surface area (Å²) in [6, 6.07) is 8.64. The molecule has 0 aromatic heterocycles. The summed E-state index contributed by atoms with van der Waals surface area (Å²) in [6.45, 7) is 0. The number of carbonyl (C=O) groups is 3. The van der Waals surface area contributed by atoms with Crippen molar-refractivity contribution in [3.05, 3.63) is 35.9 Å². The van der Waals surface area contributed by atoms with Crippen LogP contribution in [0.25, 0.3) is 0 Å². The fourth-order valence-corrected chi connectivity index (χ4v) is 3.18. The number of benzene rings is 1. The minimum Gasteiger partial charge on any atom is -0.323 e. The smallest absolute Gasteiger partial charge is 0.322 e. The molecular formula is C15H16N2O3. The Hall–Kier alpha value is -2.17. The summed E-state index contributed by atoms with van der Waals surface area (Å²) in [7, 11) is 0. The first kappa shape index (κ1) is 12.8. The third kappa shape index (κ3) is 2.09. The maximum atomic E-state index is 12.5. The van der Waals surface area contributed by atoms with Crippen molar-refractivity contribution in [2.75, 3.05) is 0 Å². The van der Waals surface area contributed by atoms with E-state index in [4.69, 9.17) is 0 Å². The Morgan fingerprint density at radius 2 is 1.95 bits per heavy atom. The van der Waals surface area contributed by atoms with Gasteiger partial charge in [0.1, 0.15) is 5.54 Å². The zero-order valence-electron chi connectivity index (χ0n) is 11.0. The molecule has 104 valence electrons. The van der Waals surface area contributed by atoms with E-state index in [0.29, 0.717) is 18.4 Å². The number of rotatable bonds is 2. The molecule has 1 aromatic rings. The molecule has 2 atom stereocenters. The molecule has 2 unspecified atom stereocenters. The Morgan fingerprint density at radius 3 is 2.60 bits per heavy atom. The van der Waals surface area contributed by atoms with Gasteiger partial charge in [0.25, 0.3) is 5.91 Å². The first-order valence-electron chi connectivity index (χ1n) is 6.84. The van der Waals surface area contributed by atoms with Gasteiger partial charge < -0.3 is 5.32 Å². The van der Waals surface area contributed by atoms with Crippen molar-refractivity contribution in [3.8, 4) is 0 Å². The first-order valence-corrected chi connectivity index (χ1v) is 6.84.